The molecule has 1 amide bonds. The van der Waals surface area contributed by atoms with Crippen molar-refractivity contribution in [2.24, 2.45) is 5.73 Å². The average molecular weight is 263 g/mol. The zero-order valence-electron chi connectivity index (χ0n) is 11.3. The summed E-state index contributed by atoms with van der Waals surface area (Å²) >= 11 is 0. The highest BCUT2D eigenvalue weighted by Gasteiger charge is 2.45. The smallest absolute Gasteiger partial charge is 0.240 e. The number of hydrogen-bond acceptors (Lipinski definition) is 4. The molecular weight excluding hydrogens is 242 g/mol. The number of carbonyl (C=O) groups is 1. The van der Waals surface area contributed by atoms with Crippen molar-refractivity contribution in [2.45, 2.75) is 24.8 Å². The van der Waals surface area contributed by atoms with Gasteiger partial charge in [-0.15, -0.1) is 0 Å². The van der Waals surface area contributed by atoms with Crippen molar-refractivity contribution < 1.29 is 9.53 Å². The van der Waals surface area contributed by atoms with Gasteiger partial charge in [-0.2, -0.15) is 0 Å². The molecule has 1 aliphatic rings. The number of likely N-dealkylation sites (tertiary alicyclic amines) is 1. The number of pyridine rings is 1. The van der Waals surface area contributed by atoms with Gasteiger partial charge in [-0.25, -0.2) is 0 Å². The van der Waals surface area contributed by atoms with Gasteiger partial charge in [0.05, 0.1) is 6.61 Å². The number of methoxy groups -OCH3 is 1. The molecule has 5 nitrogen and oxygen atoms in total. The highest BCUT2D eigenvalue weighted by atomic mass is 16.5. The van der Waals surface area contributed by atoms with Crippen molar-refractivity contribution in [3.8, 4) is 0 Å². The van der Waals surface area contributed by atoms with E-state index in [2.05, 4.69) is 9.88 Å². The molecule has 1 fully saturated rings. The van der Waals surface area contributed by atoms with Gasteiger partial charge in [0.1, 0.15) is 5.54 Å². The van der Waals surface area contributed by atoms with Gasteiger partial charge in [-0.3, -0.25) is 14.7 Å². The lowest BCUT2D eigenvalue weighted by Crippen LogP contribution is -2.57. The van der Waals surface area contributed by atoms with Crippen LogP contribution in [0.4, 0.5) is 0 Å². The molecule has 19 heavy (non-hydrogen) atoms. The van der Waals surface area contributed by atoms with Crippen molar-refractivity contribution in [2.75, 3.05) is 26.8 Å². The highest BCUT2D eigenvalue weighted by Crippen LogP contribution is 2.29. The molecule has 104 valence electrons. The Hall–Kier alpha value is -1.46. The minimum atomic E-state index is -0.628. The first-order valence-corrected chi connectivity index (χ1v) is 6.62. The van der Waals surface area contributed by atoms with E-state index in [1.807, 2.05) is 18.3 Å². The molecule has 1 unspecified atom stereocenters. The lowest BCUT2D eigenvalue weighted by molar-refractivity contribution is -0.131. The van der Waals surface area contributed by atoms with Gasteiger partial charge in [0.2, 0.25) is 5.91 Å². The molecule has 2 heterocycles. The van der Waals surface area contributed by atoms with Crippen LogP contribution in [0.25, 0.3) is 0 Å². The standard InChI is InChI=1S/C14H21N3O2/c1-19-11-14(13(15)18)6-3-8-17(14)9-5-12-4-2-7-16-10-12/h2,4,7,10H,3,5-6,8-9,11H2,1H3,(H2,15,18). The summed E-state index contributed by atoms with van der Waals surface area (Å²) in [7, 11) is 1.61. The van der Waals surface area contributed by atoms with Crippen molar-refractivity contribution in [1.29, 1.82) is 0 Å². The van der Waals surface area contributed by atoms with E-state index in [0.717, 1.165) is 32.4 Å². The Morgan fingerprint density at radius 2 is 2.47 bits per heavy atom. The number of nitrogens with zero attached hydrogens (tertiary/aromatic N) is 2. The normalized spacial score (nSPS) is 23.6. The summed E-state index contributed by atoms with van der Waals surface area (Å²) in [5.41, 5.74) is 6.15. The Labute approximate surface area is 113 Å². The number of nitrogens with two attached hydrogens (primary N) is 1. The molecule has 0 aliphatic carbocycles. The second-order valence-electron chi connectivity index (χ2n) is 5.03. The molecule has 0 radical (unpaired) electrons. The Balaban J connectivity index is 2.03. The summed E-state index contributed by atoms with van der Waals surface area (Å²) in [6.07, 6.45) is 6.26. The van der Waals surface area contributed by atoms with E-state index < -0.39 is 5.54 Å². The van der Waals surface area contributed by atoms with Crippen LogP contribution in [0.15, 0.2) is 24.5 Å². The Kier molecular flexibility index (Phi) is 4.50. The largest absolute Gasteiger partial charge is 0.382 e. The molecule has 5 heteroatoms. The summed E-state index contributed by atoms with van der Waals surface area (Å²) in [6.45, 7) is 2.07. The third-order valence-corrected chi connectivity index (χ3v) is 3.86. The van der Waals surface area contributed by atoms with Gasteiger partial charge in [0.25, 0.3) is 0 Å². The lowest BCUT2D eigenvalue weighted by Gasteiger charge is -2.35. The molecule has 0 bridgehead atoms. The predicted octanol–water partition coefficient (Wildman–Crippen LogP) is 0.590. The number of hydrogen-bond donors (Lipinski definition) is 1. The minimum absolute atomic E-state index is 0.280. The van der Waals surface area contributed by atoms with Gasteiger partial charge in [0.15, 0.2) is 0 Å². The van der Waals surface area contributed by atoms with E-state index >= 15 is 0 Å². The highest BCUT2D eigenvalue weighted by molar-refractivity contribution is 5.85. The molecule has 0 saturated carbocycles. The fourth-order valence-corrected chi connectivity index (χ4v) is 2.82. The van der Waals surface area contributed by atoms with Crippen molar-refractivity contribution in [3.63, 3.8) is 0 Å². The van der Waals surface area contributed by atoms with Crippen LogP contribution in [0.2, 0.25) is 0 Å². The third-order valence-electron chi connectivity index (χ3n) is 3.86. The fraction of sp³-hybridized carbons (Fsp3) is 0.571. The maximum absolute atomic E-state index is 11.8. The van der Waals surface area contributed by atoms with Crippen LogP contribution in [-0.2, 0) is 16.0 Å². The Morgan fingerprint density at radius 1 is 1.63 bits per heavy atom. The first-order valence-electron chi connectivity index (χ1n) is 6.62. The molecule has 1 saturated heterocycles. The lowest BCUT2D eigenvalue weighted by atomic mass is 9.96. The molecule has 1 aromatic rings. The summed E-state index contributed by atoms with van der Waals surface area (Å²) in [5.74, 6) is -0.280. The molecular formula is C14H21N3O2. The molecule has 0 aromatic carbocycles. The average Bonchev–Trinajstić information content (AvgIpc) is 2.82. The van der Waals surface area contributed by atoms with E-state index in [4.69, 9.17) is 10.5 Å². The number of primary amides is 1. The molecule has 1 atom stereocenters. The number of ether oxygens (including phenoxy) is 1. The van der Waals surface area contributed by atoms with Gasteiger partial charge in [0, 0.05) is 26.0 Å². The van der Waals surface area contributed by atoms with E-state index in [9.17, 15) is 4.79 Å². The Bertz CT molecular complexity index is 424. The molecule has 1 aromatic heterocycles. The zero-order valence-corrected chi connectivity index (χ0v) is 11.3. The number of carbonyl (C=O) groups excluding carboxylic acids is 1. The number of aromatic nitrogens is 1. The van der Waals surface area contributed by atoms with Gasteiger partial charge >= 0.3 is 0 Å². The number of rotatable bonds is 6. The van der Waals surface area contributed by atoms with Crippen molar-refractivity contribution in [3.05, 3.63) is 30.1 Å². The van der Waals surface area contributed by atoms with Gasteiger partial charge in [-0.1, -0.05) is 6.07 Å². The van der Waals surface area contributed by atoms with Crippen LogP contribution in [0, 0.1) is 0 Å². The van der Waals surface area contributed by atoms with Gasteiger partial charge in [-0.05, 0) is 37.4 Å². The van der Waals surface area contributed by atoms with E-state index in [1.54, 1.807) is 13.3 Å². The van der Waals surface area contributed by atoms with Gasteiger partial charge < -0.3 is 10.5 Å². The van der Waals surface area contributed by atoms with Crippen LogP contribution >= 0.6 is 0 Å². The monoisotopic (exact) mass is 263 g/mol. The first-order chi connectivity index (χ1) is 9.19. The van der Waals surface area contributed by atoms with Crippen LogP contribution < -0.4 is 5.73 Å². The molecule has 2 rings (SSSR count). The maximum atomic E-state index is 11.8. The zero-order chi connectivity index (χ0) is 13.7. The summed E-state index contributed by atoms with van der Waals surface area (Å²) in [4.78, 5) is 18.1. The maximum Gasteiger partial charge on any atom is 0.240 e. The van der Waals surface area contributed by atoms with Crippen molar-refractivity contribution in [1.82, 2.24) is 9.88 Å². The van der Waals surface area contributed by atoms with Crippen LogP contribution in [0.5, 0.6) is 0 Å². The molecule has 0 spiro atoms. The Morgan fingerprint density at radius 3 is 3.11 bits per heavy atom. The second kappa shape index (κ2) is 6.12. The van der Waals surface area contributed by atoms with E-state index in [0.29, 0.717) is 6.61 Å². The number of amides is 1. The van der Waals surface area contributed by atoms with Crippen molar-refractivity contribution >= 4 is 5.91 Å². The first kappa shape index (κ1) is 14.0. The van der Waals surface area contributed by atoms with Crippen LogP contribution in [0.1, 0.15) is 18.4 Å². The van der Waals surface area contributed by atoms with Crippen LogP contribution in [-0.4, -0.2) is 48.1 Å². The minimum Gasteiger partial charge on any atom is -0.382 e. The topological polar surface area (TPSA) is 68.5 Å². The SMILES string of the molecule is COCC1(C(N)=O)CCCN1CCc1cccnc1. The van der Waals surface area contributed by atoms with E-state index in [-0.39, 0.29) is 5.91 Å². The van der Waals surface area contributed by atoms with E-state index in [1.165, 1.54) is 5.56 Å². The second-order valence-corrected chi connectivity index (χ2v) is 5.03. The summed E-state index contributed by atoms with van der Waals surface area (Å²) in [6, 6.07) is 3.97. The quantitative estimate of drug-likeness (QED) is 0.815. The third kappa shape index (κ3) is 2.93. The molecule has 1 aliphatic heterocycles. The van der Waals surface area contributed by atoms with Crippen LogP contribution in [0.3, 0.4) is 0 Å². The fourth-order valence-electron chi connectivity index (χ4n) is 2.82. The molecule has 2 N–H and O–H groups in total. The predicted molar refractivity (Wildman–Crippen MR) is 72.5 cm³/mol. The summed E-state index contributed by atoms with van der Waals surface area (Å²) in [5, 5.41) is 0. The summed E-state index contributed by atoms with van der Waals surface area (Å²) < 4.78 is 5.22.